The van der Waals surface area contributed by atoms with Crippen LogP contribution in [0.1, 0.15) is 44.7 Å². The lowest BCUT2D eigenvalue weighted by molar-refractivity contribution is -0.139. The van der Waals surface area contributed by atoms with Gasteiger partial charge in [-0.3, -0.25) is 4.79 Å². The van der Waals surface area contributed by atoms with E-state index >= 15 is 0 Å². The predicted molar refractivity (Wildman–Crippen MR) is 82.8 cm³/mol. The lowest BCUT2D eigenvalue weighted by Gasteiger charge is -2.06. The van der Waals surface area contributed by atoms with Crippen LogP contribution >= 0.6 is 11.6 Å². The van der Waals surface area contributed by atoms with Crippen LogP contribution in [0.4, 0.5) is 0 Å². The fourth-order valence-electron chi connectivity index (χ4n) is 2.74. The van der Waals surface area contributed by atoms with E-state index in [-0.39, 0.29) is 17.3 Å². The highest BCUT2D eigenvalue weighted by molar-refractivity contribution is 6.48. The summed E-state index contributed by atoms with van der Waals surface area (Å²) in [6.07, 6.45) is 1.89. The molecule has 1 aliphatic rings. The Kier molecular flexibility index (Phi) is 3.97. The number of carbonyl (C=O) groups is 1. The van der Waals surface area contributed by atoms with Crippen LogP contribution in [0.15, 0.2) is 30.3 Å². The summed E-state index contributed by atoms with van der Waals surface area (Å²) in [6, 6.07) is 8.14. The molecule has 2 nitrogen and oxygen atoms in total. The second-order valence-corrected chi connectivity index (χ2v) is 6.86. The standard InChI is InChI=1S/C17H21ClO2/c1-10(2)11-5-7-12(8-6-11)14(18)9-13-15(16(19)20)17(13,3)4/h5-10,13,15H,1-4H3,(H,19,20)/b14-9-. The third kappa shape index (κ3) is 2.76. The maximum atomic E-state index is 11.2. The average Bonchev–Trinajstić information content (AvgIpc) is 2.91. The largest absolute Gasteiger partial charge is 0.481 e. The van der Waals surface area contributed by atoms with Crippen molar-refractivity contribution >= 4 is 22.6 Å². The van der Waals surface area contributed by atoms with Gasteiger partial charge < -0.3 is 5.11 Å². The van der Waals surface area contributed by atoms with Crippen molar-refractivity contribution in [1.29, 1.82) is 0 Å². The summed E-state index contributed by atoms with van der Waals surface area (Å²) in [5.74, 6) is -0.565. The van der Waals surface area contributed by atoms with Crippen molar-refractivity contribution in [2.24, 2.45) is 17.3 Å². The van der Waals surface area contributed by atoms with Gasteiger partial charge in [0.05, 0.1) is 5.92 Å². The minimum Gasteiger partial charge on any atom is -0.481 e. The molecule has 2 unspecified atom stereocenters. The van der Waals surface area contributed by atoms with Crippen LogP contribution in [0.3, 0.4) is 0 Å². The number of halogens is 1. The van der Waals surface area contributed by atoms with E-state index in [0.29, 0.717) is 11.0 Å². The van der Waals surface area contributed by atoms with Crippen LogP contribution in [0.25, 0.3) is 5.03 Å². The van der Waals surface area contributed by atoms with Gasteiger partial charge in [-0.25, -0.2) is 0 Å². The second kappa shape index (κ2) is 5.25. The van der Waals surface area contributed by atoms with E-state index in [0.717, 1.165) is 5.56 Å². The SMILES string of the molecule is CC(C)c1ccc(/C(Cl)=C/C2C(C(=O)O)C2(C)C)cc1. The van der Waals surface area contributed by atoms with Crippen molar-refractivity contribution in [2.75, 3.05) is 0 Å². The molecule has 0 saturated heterocycles. The molecule has 0 amide bonds. The van der Waals surface area contributed by atoms with Crippen molar-refractivity contribution in [2.45, 2.75) is 33.6 Å². The molecule has 1 N–H and O–H groups in total. The van der Waals surface area contributed by atoms with Gasteiger partial charge in [-0.1, -0.05) is 69.6 Å². The summed E-state index contributed by atoms with van der Waals surface area (Å²) >= 11 is 6.34. The molecule has 1 fully saturated rings. The topological polar surface area (TPSA) is 37.3 Å². The first-order valence-electron chi connectivity index (χ1n) is 6.95. The first-order valence-corrected chi connectivity index (χ1v) is 7.33. The molecule has 2 rings (SSSR count). The third-order valence-corrected chi connectivity index (χ3v) is 4.70. The number of rotatable bonds is 4. The molecule has 1 aliphatic carbocycles. The molecule has 1 aromatic rings. The maximum Gasteiger partial charge on any atom is 0.307 e. The van der Waals surface area contributed by atoms with Crippen LogP contribution < -0.4 is 0 Å². The van der Waals surface area contributed by atoms with Gasteiger partial charge in [-0.05, 0) is 28.4 Å². The number of aliphatic carboxylic acids is 1. The summed E-state index contributed by atoms with van der Waals surface area (Å²) < 4.78 is 0. The van der Waals surface area contributed by atoms with Crippen LogP contribution in [-0.4, -0.2) is 11.1 Å². The van der Waals surface area contributed by atoms with Gasteiger partial charge in [0.15, 0.2) is 0 Å². The molecule has 0 aromatic heterocycles. The van der Waals surface area contributed by atoms with Crippen LogP contribution in [0, 0.1) is 17.3 Å². The summed E-state index contributed by atoms with van der Waals surface area (Å²) in [7, 11) is 0. The average molecular weight is 293 g/mol. The monoisotopic (exact) mass is 292 g/mol. The van der Waals surface area contributed by atoms with E-state index in [9.17, 15) is 4.79 Å². The zero-order valence-electron chi connectivity index (χ0n) is 12.4. The van der Waals surface area contributed by atoms with Crippen molar-refractivity contribution < 1.29 is 9.90 Å². The fourth-order valence-corrected chi connectivity index (χ4v) is 3.00. The molecule has 20 heavy (non-hydrogen) atoms. The molecule has 0 radical (unpaired) electrons. The van der Waals surface area contributed by atoms with E-state index in [2.05, 4.69) is 26.0 Å². The normalized spacial score (nSPS) is 24.8. The van der Waals surface area contributed by atoms with Gasteiger partial charge in [-0.15, -0.1) is 0 Å². The highest BCUT2D eigenvalue weighted by Crippen LogP contribution is 2.59. The Morgan fingerprint density at radius 2 is 1.85 bits per heavy atom. The van der Waals surface area contributed by atoms with Crippen molar-refractivity contribution in [3.05, 3.63) is 41.5 Å². The number of hydrogen-bond acceptors (Lipinski definition) is 1. The predicted octanol–water partition coefficient (Wildman–Crippen LogP) is 4.75. The Morgan fingerprint density at radius 3 is 2.25 bits per heavy atom. The van der Waals surface area contributed by atoms with Crippen molar-refractivity contribution in [3.63, 3.8) is 0 Å². The van der Waals surface area contributed by atoms with Crippen molar-refractivity contribution in [3.8, 4) is 0 Å². The van der Waals surface area contributed by atoms with Crippen LogP contribution in [-0.2, 0) is 4.79 Å². The Balaban J connectivity index is 2.18. The van der Waals surface area contributed by atoms with Gasteiger partial charge in [0.1, 0.15) is 0 Å². The molecule has 0 bridgehead atoms. The number of carboxylic acids is 1. The number of benzene rings is 1. The minimum atomic E-state index is -0.740. The molecular weight excluding hydrogens is 272 g/mol. The Morgan fingerprint density at radius 1 is 1.30 bits per heavy atom. The fraction of sp³-hybridized carbons (Fsp3) is 0.471. The van der Waals surface area contributed by atoms with Crippen LogP contribution in [0.5, 0.6) is 0 Å². The van der Waals surface area contributed by atoms with Gasteiger partial charge in [-0.2, -0.15) is 0 Å². The van der Waals surface area contributed by atoms with Gasteiger partial charge >= 0.3 is 5.97 Å². The minimum absolute atomic E-state index is 0.0114. The zero-order chi connectivity index (χ0) is 15.1. The Hall–Kier alpha value is -1.28. The summed E-state index contributed by atoms with van der Waals surface area (Å²) in [5, 5.41) is 9.81. The lowest BCUT2D eigenvalue weighted by Crippen LogP contribution is -2.03. The molecular formula is C17H21ClO2. The molecule has 0 heterocycles. The molecule has 0 spiro atoms. The molecule has 3 heteroatoms. The zero-order valence-corrected chi connectivity index (χ0v) is 13.1. The highest BCUT2D eigenvalue weighted by atomic mass is 35.5. The summed E-state index contributed by atoms with van der Waals surface area (Å²) in [4.78, 5) is 11.2. The molecule has 1 aromatic carbocycles. The van der Waals surface area contributed by atoms with E-state index < -0.39 is 5.97 Å². The highest BCUT2D eigenvalue weighted by Gasteiger charge is 2.61. The van der Waals surface area contributed by atoms with E-state index in [1.165, 1.54) is 5.56 Å². The quantitative estimate of drug-likeness (QED) is 0.870. The molecule has 0 aliphatic heterocycles. The molecule has 2 atom stereocenters. The summed E-state index contributed by atoms with van der Waals surface area (Å²) in [5.41, 5.74) is 2.01. The summed E-state index contributed by atoms with van der Waals surface area (Å²) in [6.45, 7) is 8.24. The van der Waals surface area contributed by atoms with Crippen molar-refractivity contribution in [1.82, 2.24) is 0 Å². The van der Waals surface area contributed by atoms with Crippen LogP contribution in [0.2, 0.25) is 0 Å². The lowest BCUT2D eigenvalue weighted by atomic mass is 10.0. The third-order valence-electron chi connectivity index (χ3n) is 4.36. The number of hydrogen-bond donors (Lipinski definition) is 1. The molecule has 108 valence electrons. The van der Waals surface area contributed by atoms with E-state index in [1.54, 1.807) is 0 Å². The first kappa shape index (κ1) is 15.1. The van der Waals surface area contributed by atoms with E-state index in [4.69, 9.17) is 16.7 Å². The maximum absolute atomic E-state index is 11.2. The Bertz CT molecular complexity index is 541. The first-order chi connectivity index (χ1) is 9.25. The van der Waals surface area contributed by atoms with Gasteiger partial charge in [0.2, 0.25) is 0 Å². The second-order valence-electron chi connectivity index (χ2n) is 6.45. The number of carboxylic acid groups (broad SMARTS) is 1. The smallest absolute Gasteiger partial charge is 0.307 e. The van der Waals surface area contributed by atoms with Gasteiger partial charge in [0.25, 0.3) is 0 Å². The Labute approximate surface area is 125 Å². The molecule has 1 saturated carbocycles. The van der Waals surface area contributed by atoms with E-state index in [1.807, 2.05) is 32.1 Å². The van der Waals surface area contributed by atoms with Gasteiger partial charge in [0, 0.05) is 5.03 Å². The number of allylic oxidation sites excluding steroid dienone is 1.